The third kappa shape index (κ3) is 3.23. The summed E-state index contributed by atoms with van der Waals surface area (Å²) in [7, 11) is 1.53. The third-order valence-corrected chi connectivity index (χ3v) is 8.49. The van der Waals surface area contributed by atoms with Gasteiger partial charge in [-0.3, -0.25) is 9.59 Å². The number of carbonyl (C=O) groups excluding carboxylic acids is 2. The second-order valence-electron chi connectivity index (χ2n) is 10.1. The van der Waals surface area contributed by atoms with Crippen LogP contribution < -0.4 is 5.32 Å². The van der Waals surface area contributed by atoms with Gasteiger partial charge in [0.2, 0.25) is 5.91 Å². The summed E-state index contributed by atoms with van der Waals surface area (Å²) in [5.74, 6) is 0.968. The molecule has 0 spiro atoms. The number of rotatable bonds is 3. The molecule has 0 aliphatic heterocycles. The molecule has 0 saturated heterocycles. The number of hydrogen-bond acceptors (Lipinski definition) is 3. The van der Waals surface area contributed by atoms with Crippen LogP contribution in [0, 0.1) is 28.1 Å². The molecular formula is C23H37NO3. The molecule has 3 aliphatic rings. The standard InChI is InChI=1S/C23H37NO3/c1-15(24-16(2)25)21(3)13-10-18-17(14-21)8-9-19-22(18,4)11-7-12-23(19,5)20(26)27-6/h14-15,18-19H,7-13H2,1-6H3,(H,24,25)/t15-,18+,19+,21+,22+,23+/m0/s1. The second kappa shape index (κ2) is 6.93. The van der Waals surface area contributed by atoms with Crippen LogP contribution in [0.15, 0.2) is 11.6 Å². The average Bonchev–Trinajstić information content (AvgIpc) is 2.59. The van der Waals surface area contributed by atoms with Gasteiger partial charge in [-0.2, -0.15) is 0 Å². The van der Waals surface area contributed by atoms with Gasteiger partial charge in [-0.05, 0) is 69.6 Å². The highest BCUT2D eigenvalue weighted by molar-refractivity contribution is 5.77. The van der Waals surface area contributed by atoms with Crippen molar-refractivity contribution in [2.45, 2.75) is 85.6 Å². The molecule has 4 heteroatoms. The molecule has 1 amide bonds. The Morgan fingerprint density at radius 3 is 2.52 bits per heavy atom. The molecule has 0 aromatic carbocycles. The molecule has 0 aromatic rings. The fraction of sp³-hybridized carbons (Fsp3) is 0.826. The number of esters is 1. The molecule has 3 aliphatic carbocycles. The molecule has 4 nitrogen and oxygen atoms in total. The predicted molar refractivity (Wildman–Crippen MR) is 107 cm³/mol. The molecule has 6 atom stereocenters. The maximum Gasteiger partial charge on any atom is 0.311 e. The fourth-order valence-electron chi connectivity index (χ4n) is 6.81. The first kappa shape index (κ1) is 20.4. The molecule has 152 valence electrons. The van der Waals surface area contributed by atoms with Crippen molar-refractivity contribution in [1.29, 1.82) is 0 Å². The SMILES string of the molecule is COC(=O)[C@]1(C)CCC[C@]2(C)[C@@H]3CC[C@@](C)([C@H](C)NC(C)=O)C=C3CC[C@H]21. The van der Waals surface area contributed by atoms with E-state index in [1.54, 1.807) is 12.5 Å². The smallest absolute Gasteiger partial charge is 0.311 e. The number of amides is 1. The number of methoxy groups -OCH3 is 1. The van der Waals surface area contributed by atoms with Gasteiger partial charge in [0, 0.05) is 18.4 Å². The van der Waals surface area contributed by atoms with E-state index >= 15 is 0 Å². The third-order valence-electron chi connectivity index (χ3n) is 8.49. The number of fused-ring (bicyclic) bond motifs is 3. The summed E-state index contributed by atoms with van der Waals surface area (Å²) in [6.45, 7) is 10.6. The van der Waals surface area contributed by atoms with Crippen molar-refractivity contribution in [3.05, 3.63) is 11.6 Å². The van der Waals surface area contributed by atoms with Crippen LogP contribution in [-0.2, 0) is 14.3 Å². The highest BCUT2D eigenvalue weighted by atomic mass is 16.5. The summed E-state index contributed by atoms with van der Waals surface area (Å²) in [5.41, 5.74) is 1.40. The van der Waals surface area contributed by atoms with Gasteiger partial charge in [0.25, 0.3) is 0 Å². The lowest BCUT2D eigenvalue weighted by Gasteiger charge is -2.59. The van der Waals surface area contributed by atoms with E-state index in [0.717, 1.165) is 38.5 Å². The zero-order chi connectivity index (χ0) is 20.0. The Balaban J connectivity index is 1.91. The monoisotopic (exact) mass is 375 g/mol. The van der Waals surface area contributed by atoms with E-state index in [0.29, 0.717) is 11.8 Å². The van der Waals surface area contributed by atoms with Crippen LogP contribution in [0.3, 0.4) is 0 Å². The normalized spacial score (nSPS) is 42.2. The Bertz CT molecular complexity index is 656. The van der Waals surface area contributed by atoms with Crippen molar-refractivity contribution in [2.24, 2.45) is 28.1 Å². The number of nitrogens with one attached hydrogen (secondary N) is 1. The minimum absolute atomic E-state index is 0.0149. The fourth-order valence-corrected chi connectivity index (χ4v) is 6.81. The van der Waals surface area contributed by atoms with Crippen LogP contribution in [0.2, 0.25) is 0 Å². The summed E-state index contributed by atoms with van der Waals surface area (Å²) in [5, 5.41) is 3.11. The van der Waals surface area contributed by atoms with Gasteiger partial charge >= 0.3 is 5.97 Å². The average molecular weight is 376 g/mol. The molecule has 1 N–H and O–H groups in total. The van der Waals surface area contributed by atoms with Crippen LogP contribution in [0.1, 0.15) is 79.6 Å². The highest BCUT2D eigenvalue weighted by Crippen LogP contribution is 2.64. The van der Waals surface area contributed by atoms with Crippen LogP contribution in [0.5, 0.6) is 0 Å². The van der Waals surface area contributed by atoms with Crippen molar-refractivity contribution in [2.75, 3.05) is 7.11 Å². The molecule has 27 heavy (non-hydrogen) atoms. The van der Waals surface area contributed by atoms with E-state index in [1.165, 1.54) is 13.5 Å². The lowest BCUT2D eigenvalue weighted by atomic mass is 9.45. The van der Waals surface area contributed by atoms with Crippen molar-refractivity contribution < 1.29 is 14.3 Å². The summed E-state index contributed by atoms with van der Waals surface area (Å²) >= 11 is 0. The number of ether oxygens (including phenoxy) is 1. The van der Waals surface area contributed by atoms with Crippen molar-refractivity contribution in [1.82, 2.24) is 5.32 Å². The molecule has 2 saturated carbocycles. The molecular weight excluding hydrogens is 338 g/mol. The highest BCUT2D eigenvalue weighted by Gasteiger charge is 2.59. The van der Waals surface area contributed by atoms with Crippen molar-refractivity contribution in [3.63, 3.8) is 0 Å². The number of hydrogen-bond donors (Lipinski definition) is 1. The molecule has 0 heterocycles. The lowest BCUT2D eigenvalue weighted by Crippen LogP contribution is -2.55. The first-order valence-corrected chi connectivity index (χ1v) is 10.6. The van der Waals surface area contributed by atoms with Gasteiger partial charge in [-0.15, -0.1) is 0 Å². The van der Waals surface area contributed by atoms with E-state index in [2.05, 4.69) is 39.1 Å². The molecule has 0 aromatic heterocycles. The largest absolute Gasteiger partial charge is 0.469 e. The Labute approximate surface area is 164 Å². The molecule has 0 unspecified atom stereocenters. The van der Waals surface area contributed by atoms with Crippen LogP contribution >= 0.6 is 0 Å². The van der Waals surface area contributed by atoms with Crippen LogP contribution in [0.25, 0.3) is 0 Å². The lowest BCUT2D eigenvalue weighted by molar-refractivity contribution is -0.168. The summed E-state index contributed by atoms with van der Waals surface area (Å²) in [6, 6.07) is 0.140. The van der Waals surface area contributed by atoms with Crippen LogP contribution in [-0.4, -0.2) is 25.0 Å². The maximum absolute atomic E-state index is 12.7. The first-order chi connectivity index (χ1) is 12.6. The minimum Gasteiger partial charge on any atom is -0.469 e. The van der Waals surface area contributed by atoms with Gasteiger partial charge < -0.3 is 10.1 Å². The van der Waals surface area contributed by atoms with Crippen molar-refractivity contribution >= 4 is 11.9 Å². The molecule has 3 rings (SSSR count). The summed E-state index contributed by atoms with van der Waals surface area (Å²) in [6.07, 6.45) is 10.1. The van der Waals surface area contributed by atoms with Crippen LogP contribution in [0.4, 0.5) is 0 Å². The number of carbonyl (C=O) groups is 2. The van der Waals surface area contributed by atoms with E-state index in [-0.39, 0.29) is 34.2 Å². The first-order valence-electron chi connectivity index (χ1n) is 10.6. The van der Waals surface area contributed by atoms with E-state index < -0.39 is 0 Å². The molecule has 0 bridgehead atoms. The minimum atomic E-state index is -0.350. The Morgan fingerprint density at radius 2 is 1.89 bits per heavy atom. The number of allylic oxidation sites excluding steroid dienone is 1. The Morgan fingerprint density at radius 1 is 1.19 bits per heavy atom. The van der Waals surface area contributed by atoms with Gasteiger partial charge in [0.1, 0.15) is 0 Å². The summed E-state index contributed by atoms with van der Waals surface area (Å²) in [4.78, 5) is 24.2. The quantitative estimate of drug-likeness (QED) is 0.578. The Hall–Kier alpha value is -1.32. The van der Waals surface area contributed by atoms with Gasteiger partial charge in [0.15, 0.2) is 0 Å². The van der Waals surface area contributed by atoms with Gasteiger partial charge in [0.05, 0.1) is 12.5 Å². The van der Waals surface area contributed by atoms with Gasteiger partial charge in [-0.1, -0.05) is 31.9 Å². The predicted octanol–water partition coefficient (Wildman–Crippen LogP) is 4.63. The Kier molecular flexibility index (Phi) is 5.24. The van der Waals surface area contributed by atoms with E-state index in [4.69, 9.17) is 4.74 Å². The topological polar surface area (TPSA) is 55.4 Å². The second-order valence-corrected chi connectivity index (χ2v) is 10.1. The molecule has 0 radical (unpaired) electrons. The summed E-state index contributed by atoms with van der Waals surface area (Å²) < 4.78 is 5.23. The van der Waals surface area contributed by atoms with E-state index in [1.807, 2.05) is 0 Å². The molecule has 2 fully saturated rings. The van der Waals surface area contributed by atoms with Gasteiger partial charge in [-0.25, -0.2) is 0 Å². The van der Waals surface area contributed by atoms with Crippen molar-refractivity contribution in [3.8, 4) is 0 Å². The maximum atomic E-state index is 12.7. The van der Waals surface area contributed by atoms with E-state index in [9.17, 15) is 9.59 Å². The zero-order valence-electron chi connectivity index (χ0n) is 18.0. The zero-order valence-corrected chi connectivity index (χ0v) is 18.0.